The molecule has 0 aliphatic heterocycles. The molecule has 24 heavy (non-hydrogen) atoms. The van der Waals surface area contributed by atoms with Crippen LogP contribution in [0.15, 0.2) is 41.2 Å². The number of anilines is 1. The summed E-state index contributed by atoms with van der Waals surface area (Å²) in [7, 11) is 0. The Morgan fingerprint density at radius 3 is 2.79 bits per heavy atom. The van der Waals surface area contributed by atoms with Crippen molar-refractivity contribution in [3.8, 4) is 5.75 Å². The third-order valence-corrected chi connectivity index (χ3v) is 4.38. The normalized spacial score (nSPS) is 10.9. The maximum atomic E-state index is 11.7. The average molecular weight is 358 g/mol. The lowest BCUT2D eigenvalue weighted by Gasteiger charge is -2.04. The highest BCUT2D eigenvalue weighted by Crippen LogP contribution is 2.16. The summed E-state index contributed by atoms with van der Waals surface area (Å²) in [6.45, 7) is 2.42. The van der Waals surface area contributed by atoms with Gasteiger partial charge in [-0.25, -0.2) is 4.98 Å². The molecule has 122 valence electrons. The van der Waals surface area contributed by atoms with E-state index in [1.54, 1.807) is 22.9 Å². The molecule has 0 atom stereocenters. The summed E-state index contributed by atoms with van der Waals surface area (Å²) < 4.78 is 5.68. The Bertz CT molecular complexity index is 826. The maximum Gasteiger partial charge on any atom is 0.250 e. The van der Waals surface area contributed by atoms with E-state index in [1.807, 2.05) is 36.6 Å². The zero-order chi connectivity index (χ0) is 16.8. The predicted molar refractivity (Wildman–Crippen MR) is 95.2 cm³/mol. The van der Waals surface area contributed by atoms with E-state index in [0.29, 0.717) is 11.7 Å². The lowest BCUT2D eigenvalue weighted by atomic mass is 10.2. The van der Waals surface area contributed by atoms with Gasteiger partial charge in [-0.2, -0.15) is 0 Å². The van der Waals surface area contributed by atoms with E-state index in [0.717, 1.165) is 22.0 Å². The van der Waals surface area contributed by atoms with Gasteiger partial charge in [0, 0.05) is 11.5 Å². The summed E-state index contributed by atoms with van der Waals surface area (Å²) in [5.41, 5.74) is 3.39. The standard InChI is InChI=1S/C16H14N4O2S2/c1-11-18-13(9-23-11)8-22-14-5-2-12(3-6-14)4-7-15(21)19-16-20-17-10-24-16/h2-7,9-10H,8H2,1H3,(H,19,20,21)/b7-4+. The van der Waals surface area contributed by atoms with Gasteiger partial charge in [0.15, 0.2) is 0 Å². The number of ether oxygens (including phenoxy) is 1. The lowest BCUT2D eigenvalue weighted by Crippen LogP contribution is -2.07. The molecule has 2 aromatic heterocycles. The van der Waals surface area contributed by atoms with Gasteiger partial charge in [0.2, 0.25) is 11.0 Å². The topological polar surface area (TPSA) is 77.0 Å². The Morgan fingerprint density at radius 2 is 2.12 bits per heavy atom. The van der Waals surface area contributed by atoms with Crippen LogP contribution in [0.3, 0.4) is 0 Å². The molecular formula is C16H14N4O2S2. The fraction of sp³-hybridized carbons (Fsp3) is 0.125. The van der Waals surface area contributed by atoms with E-state index in [2.05, 4.69) is 20.5 Å². The Morgan fingerprint density at radius 1 is 1.29 bits per heavy atom. The van der Waals surface area contributed by atoms with E-state index >= 15 is 0 Å². The molecule has 0 saturated heterocycles. The summed E-state index contributed by atoms with van der Waals surface area (Å²) >= 11 is 2.88. The SMILES string of the molecule is Cc1nc(COc2ccc(/C=C/C(=O)Nc3nncs3)cc2)cs1. The number of aromatic nitrogens is 3. The molecule has 0 fully saturated rings. The van der Waals surface area contributed by atoms with E-state index < -0.39 is 0 Å². The number of benzene rings is 1. The zero-order valence-corrected chi connectivity index (χ0v) is 14.4. The quantitative estimate of drug-likeness (QED) is 0.682. The van der Waals surface area contributed by atoms with Crippen LogP contribution in [0.2, 0.25) is 0 Å². The van der Waals surface area contributed by atoms with Gasteiger partial charge in [0.1, 0.15) is 17.9 Å². The van der Waals surface area contributed by atoms with Crippen molar-refractivity contribution < 1.29 is 9.53 Å². The molecule has 1 aromatic carbocycles. The number of aryl methyl sites for hydroxylation is 1. The first-order valence-corrected chi connectivity index (χ1v) is 8.84. The number of carbonyl (C=O) groups is 1. The van der Waals surface area contributed by atoms with Gasteiger partial charge in [-0.15, -0.1) is 21.5 Å². The lowest BCUT2D eigenvalue weighted by molar-refractivity contribution is -0.111. The second-order valence-corrected chi connectivity index (χ2v) is 6.68. The molecule has 0 spiro atoms. The minimum absolute atomic E-state index is 0.244. The Hall–Kier alpha value is -2.58. The number of nitrogens with one attached hydrogen (secondary N) is 1. The number of hydrogen-bond donors (Lipinski definition) is 1. The molecule has 3 aromatic rings. The Kier molecular flexibility index (Phi) is 5.29. The van der Waals surface area contributed by atoms with Crippen molar-refractivity contribution in [2.45, 2.75) is 13.5 Å². The van der Waals surface area contributed by atoms with Crippen molar-refractivity contribution in [1.29, 1.82) is 0 Å². The number of carbonyl (C=O) groups excluding carboxylic acids is 1. The molecule has 0 radical (unpaired) electrons. The number of nitrogens with zero attached hydrogens (tertiary/aromatic N) is 3. The minimum atomic E-state index is -0.244. The average Bonchev–Trinajstić information content (AvgIpc) is 3.24. The highest BCUT2D eigenvalue weighted by molar-refractivity contribution is 7.13. The van der Waals surface area contributed by atoms with E-state index in [-0.39, 0.29) is 5.91 Å². The van der Waals surface area contributed by atoms with Crippen LogP contribution in [-0.2, 0) is 11.4 Å². The largest absolute Gasteiger partial charge is 0.487 e. The molecule has 6 nitrogen and oxygen atoms in total. The molecule has 0 saturated carbocycles. The van der Waals surface area contributed by atoms with Gasteiger partial charge < -0.3 is 4.74 Å². The van der Waals surface area contributed by atoms with Crippen molar-refractivity contribution in [2.24, 2.45) is 0 Å². The third kappa shape index (κ3) is 4.71. The van der Waals surface area contributed by atoms with Gasteiger partial charge >= 0.3 is 0 Å². The van der Waals surface area contributed by atoms with Crippen LogP contribution >= 0.6 is 22.7 Å². The first-order chi connectivity index (χ1) is 11.7. The number of rotatable bonds is 6. The molecule has 3 rings (SSSR count). The monoisotopic (exact) mass is 358 g/mol. The van der Waals surface area contributed by atoms with Crippen molar-refractivity contribution in [1.82, 2.24) is 15.2 Å². The summed E-state index contributed by atoms with van der Waals surface area (Å²) in [5, 5.41) is 13.5. The molecule has 0 aliphatic carbocycles. The predicted octanol–water partition coefficient (Wildman–Crippen LogP) is 3.53. The summed E-state index contributed by atoms with van der Waals surface area (Å²) in [4.78, 5) is 16.1. The highest BCUT2D eigenvalue weighted by Gasteiger charge is 2.01. The van der Waals surface area contributed by atoms with Crippen molar-refractivity contribution in [2.75, 3.05) is 5.32 Å². The second kappa shape index (κ2) is 7.80. The maximum absolute atomic E-state index is 11.7. The second-order valence-electron chi connectivity index (χ2n) is 4.78. The minimum Gasteiger partial charge on any atom is -0.487 e. The van der Waals surface area contributed by atoms with E-state index in [9.17, 15) is 4.79 Å². The number of amides is 1. The van der Waals surface area contributed by atoms with E-state index in [1.165, 1.54) is 17.4 Å². The van der Waals surface area contributed by atoms with Crippen molar-refractivity contribution in [3.05, 3.63) is 57.5 Å². The molecule has 0 bridgehead atoms. The van der Waals surface area contributed by atoms with Crippen LogP contribution in [0.4, 0.5) is 5.13 Å². The number of hydrogen-bond acceptors (Lipinski definition) is 7. The van der Waals surface area contributed by atoms with Crippen LogP contribution in [0.5, 0.6) is 5.75 Å². The van der Waals surface area contributed by atoms with Crippen LogP contribution in [-0.4, -0.2) is 21.1 Å². The first-order valence-electron chi connectivity index (χ1n) is 7.08. The zero-order valence-electron chi connectivity index (χ0n) is 12.8. The van der Waals surface area contributed by atoms with Crippen LogP contribution in [0.25, 0.3) is 6.08 Å². The van der Waals surface area contributed by atoms with Crippen molar-refractivity contribution >= 4 is 39.8 Å². The van der Waals surface area contributed by atoms with Crippen molar-refractivity contribution in [3.63, 3.8) is 0 Å². The Labute approximate surface area is 146 Å². The van der Waals surface area contributed by atoms with E-state index in [4.69, 9.17) is 4.74 Å². The first kappa shape index (κ1) is 16.3. The molecule has 2 heterocycles. The van der Waals surface area contributed by atoms with Crippen LogP contribution < -0.4 is 10.1 Å². The summed E-state index contributed by atoms with van der Waals surface area (Å²) in [5.74, 6) is 0.516. The molecule has 0 unspecified atom stereocenters. The van der Waals surface area contributed by atoms with Gasteiger partial charge in [0.25, 0.3) is 0 Å². The van der Waals surface area contributed by atoms with Gasteiger partial charge in [-0.05, 0) is 30.7 Å². The molecule has 0 aliphatic rings. The molecule has 8 heteroatoms. The molecule has 1 N–H and O–H groups in total. The summed E-state index contributed by atoms with van der Waals surface area (Å²) in [6, 6.07) is 7.50. The molecular weight excluding hydrogens is 344 g/mol. The highest BCUT2D eigenvalue weighted by atomic mass is 32.1. The fourth-order valence-electron chi connectivity index (χ4n) is 1.85. The van der Waals surface area contributed by atoms with Gasteiger partial charge in [-0.1, -0.05) is 23.5 Å². The Balaban J connectivity index is 1.52. The summed E-state index contributed by atoms with van der Waals surface area (Å²) in [6.07, 6.45) is 3.18. The van der Waals surface area contributed by atoms with Gasteiger partial charge in [0.05, 0.1) is 10.7 Å². The van der Waals surface area contributed by atoms with Crippen LogP contribution in [0.1, 0.15) is 16.3 Å². The van der Waals surface area contributed by atoms with Crippen LogP contribution in [0, 0.1) is 6.92 Å². The number of thiazole rings is 1. The molecule has 1 amide bonds. The third-order valence-electron chi connectivity index (χ3n) is 2.95. The van der Waals surface area contributed by atoms with Gasteiger partial charge in [-0.3, -0.25) is 10.1 Å². The fourth-order valence-corrected chi connectivity index (χ4v) is 2.90. The smallest absolute Gasteiger partial charge is 0.250 e.